The van der Waals surface area contributed by atoms with Crippen LogP contribution in [0.4, 0.5) is 0 Å². The number of halogens is 1. The quantitative estimate of drug-likeness (QED) is 0.543. The lowest BCUT2D eigenvalue weighted by Crippen LogP contribution is -2.16. The van der Waals surface area contributed by atoms with Gasteiger partial charge in [0.15, 0.2) is 4.34 Å². The van der Waals surface area contributed by atoms with Crippen molar-refractivity contribution < 1.29 is 8.95 Å². The molecule has 1 aromatic carbocycles. The molecule has 0 aliphatic carbocycles. The van der Waals surface area contributed by atoms with Gasteiger partial charge in [-0.25, -0.2) is 14.2 Å². The molecule has 5 nitrogen and oxygen atoms in total. The molecule has 3 rings (SSSR count). The van der Waals surface area contributed by atoms with E-state index in [0.717, 1.165) is 21.9 Å². The van der Waals surface area contributed by atoms with Crippen molar-refractivity contribution in [2.24, 2.45) is 5.14 Å². The van der Waals surface area contributed by atoms with E-state index in [9.17, 15) is 4.21 Å². The first-order valence-electron chi connectivity index (χ1n) is 7.29. The molecule has 0 fully saturated rings. The van der Waals surface area contributed by atoms with E-state index in [4.69, 9.17) is 21.5 Å². The number of rotatable bonds is 4. The number of nitrogens with zero attached hydrogens (tertiary/aromatic N) is 2. The molecule has 1 unspecified atom stereocenters. The predicted octanol–water partition coefficient (Wildman–Crippen LogP) is 3.54. The Balaban J connectivity index is 2.00. The maximum atomic E-state index is 12.9. The van der Waals surface area contributed by atoms with Crippen molar-refractivity contribution in [3.05, 3.63) is 58.2 Å². The first kappa shape index (κ1) is 17.9. The number of ether oxygens (including phenoxy) is 1. The number of hydrogen-bond acceptors (Lipinski definition) is 5. The first-order valence-corrected chi connectivity index (χ1v) is 10.2. The van der Waals surface area contributed by atoms with Gasteiger partial charge in [-0.1, -0.05) is 11.6 Å². The number of hydrogen-bond donors (Lipinski definition) is 1. The minimum atomic E-state index is -2.92. The van der Waals surface area contributed by atoms with Crippen molar-refractivity contribution >= 4 is 38.0 Å². The van der Waals surface area contributed by atoms with E-state index in [1.54, 1.807) is 19.2 Å². The van der Waals surface area contributed by atoms with Crippen LogP contribution in [0.3, 0.4) is 0 Å². The lowest BCUT2D eigenvalue weighted by atomic mass is 10.1. The molecule has 2 aromatic heterocycles. The molecule has 130 valence electrons. The van der Waals surface area contributed by atoms with Gasteiger partial charge in [0, 0.05) is 27.6 Å². The number of thiazole rings is 1. The second kappa shape index (κ2) is 7.13. The molecule has 3 aromatic rings. The Bertz CT molecular complexity index is 1010. The van der Waals surface area contributed by atoms with Crippen molar-refractivity contribution in [1.29, 1.82) is 0 Å². The van der Waals surface area contributed by atoms with Crippen LogP contribution in [0.1, 0.15) is 10.4 Å². The fourth-order valence-electron chi connectivity index (χ4n) is 2.23. The van der Waals surface area contributed by atoms with Gasteiger partial charge in [0.2, 0.25) is 0 Å². The Labute approximate surface area is 155 Å². The van der Waals surface area contributed by atoms with Crippen molar-refractivity contribution in [1.82, 2.24) is 9.97 Å². The highest BCUT2D eigenvalue weighted by Crippen LogP contribution is 2.30. The molecule has 0 radical (unpaired) electrons. The van der Waals surface area contributed by atoms with Gasteiger partial charge >= 0.3 is 0 Å². The summed E-state index contributed by atoms with van der Waals surface area (Å²) in [4.78, 5) is 9.43. The van der Waals surface area contributed by atoms with Crippen LogP contribution in [0, 0.1) is 6.92 Å². The van der Waals surface area contributed by atoms with Gasteiger partial charge in [-0.2, -0.15) is 0 Å². The first-order chi connectivity index (χ1) is 11.9. The maximum Gasteiger partial charge on any atom is 0.187 e. The molecule has 0 amide bonds. The summed E-state index contributed by atoms with van der Waals surface area (Å²) in [6.07, 6.45) is 1.53. The second-order valence-corrected chi connectivity index (χ2v) is 9.06. The normalized spacial score (nSPS) is 13.3. The minimum Gasteiger partial charge on any atom is -0.497 e. The third-order valence-corrected chi connectivity index (χ3v) is 6.75. The van der Waals surface area contributed by atoms with Crippen molar-refractivity contribution in [3.8, 4) is 17.0 Å². The number of benzene rings is 1. The van der Waals surface area contributed by atoms with E-state index < -0.39 is 9.71 Å². The summed E-state index contributed by atoms with van der Waals surface area (Å²) in [5, 5.41) is 7.90. The molecule has 0 aliphatic rings. The Morgan fingerprint density at radius 3 is 2.56 bits per heavy atom. The average Bonchev–Trinajstić information content (AvgIpc) is 3.00. The van der Waals surface area contributed by atoms with E-state index in [-0.39, 0.29) is 0 Å². The molecular weight excluding hydrogens is 378 g/mol. The summed E-state index contributed by atoms with van der Waals surface area (Å²) in [7, 11) is -1.31. The smallest absolute Gasteiger partial charge is 0.187 e. The molecule has 1 atom stereocenters. The van der Waals surface area contributed by atoms with E-state index >= 15 is 0 Å². The van der Waals surface area contributed by atoms with Crippen LogP contribution in [0.25, 0.3) is 11.3 Å². The third-order valence-electron chi connectivity index (χ3n) is 3.47. The van der Waals surface area contributed by atoms with E-state index in [2.05, 4.69) is 9.97 Å². The Morgan fingerprint density at radius 1 is 1.24 bits per heavy atom. The zero-order chi connectivity index (χ0) is 18.0. The lowest BCUT2D eigenvalue weighted by Gasteiger charge is -2.02. The summed E-state index contributed by atoms with van der Waals surface area (Å²) < 4.78 is 18.5. The summed E-state index contributed by atoms with van der Waals surface area (Å²) in [5.74, 6) is 0.767. The summed E-state index contributed by atoms with van der Waals surface area (Å²) in [6, 6.07) is 10.9. The lowest BCUT2D eigenvalue weighted by molar-refractivity contribution is 0.415. The topological polar surface area (TPSA) is 78.1 Å². The van der Waals surface area contributed by atoms with E-state index in [0.29, 0.717) is 15.1 Å². The molecule has 2 N–H and O–H groups in total. The average molecular weight is 394 g/mol. The Morgan fingerprint density at radius 2 is 1.96 bits per heavy atom. The molecule has 0 saturated carbocycles. The zero-order valence-corrected chi connectivity index (χ0v) is 16.0. The van der Waals surface area contributed by atoms with Crippen LogP contribution in [-0.2, 0) is 9.71 Å². The SMILES string of the molecule is COc1ccc(-c2nc(S(N)(=O)=Cc3ccc(Cl)nc3)sc2C)cc1. The fourth-order valence-corrected chi connectivity index (χ4v) is 4.92. The summed E-state index contributed by atoms with van der Waals surface area (Å²) in [6.45, 7) is 1.93. The van der Waals surface area contributed by atoms with Crippen LogP contribution in [0.5, 0.6) is 5.75 Å². The van der Waals surface area contributed by atoms with Gasteiger partial charge in [0.1, 0.15) is 10.9 Å². The Hall–Kier alpha value is -1.93. The van der Waals surface area contributed by atoms with Crippen molar-refractivity contribution in [2.45, 2.75) is 11.3 Å². The van der Waals surface area contributed by atoms with Gasteiger partial charge in [0.05, 0.1) is 22.5 Å². The third kappa shape index (κ3) is 4.01. The molecule has 8 heteroatoms. The number of aryl methyl sites for hydroxylation is 1. The van der Waals surface area contributed by atoms with Crippen molar-refractivity contribution in [2.75, 3.05) is 7.11 Å². The highest BCUT2D eigenvalue weighted by atomic mass is 35.5. The second-order valence-electron chi connectivity index (χ2n) is 5.29. The molecule has 25 heavy (non-hydrogen) atoms. The van der Waals surface area contributed by atoms with Gasteiger partial charge in [0.25, 0.3) is 0 Å². The van der Waals surface area contributed by atoms with Gasteiger partial charge < -0.3 is 4.74 Å². The number of nitrogens with two attached hydrogens (primary N) is 1. The van der Waals surface area contributed by atoms with Crippen LogP contribution < -0.4 is 9.88 Å². The van der Waals surface area contributed by atoms with Gasteiger partial charge in [-0.3, -0.25) is 5.14 Å². The molecule has 2 heterocycles. The van der Waals surface area contributed by atoms with Crippen LogP contribution in [0.15, 0.2) is 46.9 Å². The van der Waals surface area contributed by atoms with Gasteiger partial charge in [-0.05, 0) is 43.3 Å². The molecule has 0 saturated heterocycles. The summed E-state index contributed by atoms with van der Waals surface area (Å²) in [5.41, 5.74) is 2.32. The highest BCUT2D eigenvalue weighted by molar-refractivity contribution is 8.01. The molecule has 0 aliphatic heterocycles. The maximum absolute atomic E-state index is 12.9. The number of aromatic nitrogens is 2. The Kier molecular flexibility index (Phi) is 5.10. The summed E-state index contributed by atoms with van der Waals surface area (Å²) >= 11 is 7.09. The van der Waals surface area contributed by atoms with E-state index in [1.165, 1.54) is 22.9 Å². The monoisotopic (exact) mass is 393 g/mol. The van der Waals surface area contributed by atoms with E-state index in [1.807, 2.05) is 31.2 Å². The zero-order valence-electron chi connectivity index (χ0n) is 13.6. The largest absolute Gasteiger partial charge is 0.497 e. The minimum absolute atomic E-state index is 0.368. The standard InChI is InChI=1S/C17H16ClN3O2S2/c1-11-16(13-4-6-14(23-2)7-5-13)21-17(24-11)25(19,22)10-12-3-8-15(18)20-9-12/h3-10H,1-2H3,(H2,19,22). The number of methoxy groups -OCH3 is 1. The highest BCUT2D eigenvalue weighted by Gasteiger charge is 2.16. The van der Waals surface area contributed by atoms with Crippen molar-refractivity contribution in [3.63, 3.8) is 0 Å². The molecule has 0 spiro atoms. The predicted molar refractivity (Wildman–Crippen MR) is 104 cm³/mol. The molecular formula is C17H16ClN3O2S2. The number of pyridine rings is 1. The molecule has 0 bridgehead atoms. The van der Waals surface area contributed by atoms with Crippen LogP contribution in [0.2, 0.25) is 5.15 Å². The fraction of sp³-hybridized carbons (Fsp3) is 0.118. The van der Waals surface area contributed by atoms with Crippen LogP contribution >= 0.6 is 22.9 Å². The van der Waals surface area contributed by atoms with Crippen LogP contribution in [-0.4, -0.2) is 26.7 Å². The van der Waals surface area contributed by atoms with Gasteiger partial charge in [-0.15, -0.1) is 11.3 Å².